The molecule has 3 aromatic rings. The van der Waals surface area contributed by atoms with Crippen LogP contribution in [-0.4, -0.2) is 47.2 Å². The van der Waals surface area contributed by atoms with Gasteiger partial charge in [-0.3, -0.25) is 14.5 Å². The molecule has 4 rings (SSSR count). The van der Waals surface area contributed by atoms with Crippen LogP contribution in [0.25, 0.3) is 0 Å². The van der Waals surface area contributed by atoms with Crippen molar-refractivity contribution >= 4 is 46.8 Å². The summed E-state index contributed by atoms with van der Waals surface area (Å²) in [7, 11) is 0. The van der Waals surface area contributed by atoms with Gasteiger partial charge in [0.2, 0.25) is 6.23 Å². The zero-order valence-corrected chi connectivity index (χ0v) is 20.5. The number of carboxylic acid groups (broad SMARTS) is 1. The lowest BCUT2D eigenvalue weighted by Crippen LogP contribution is -2.53. The summed E-state index contributed by atoms with van der Waals surface area (Å²) >= 11 is 12.8. The molecule has 3 amide bonds. The van der Waals surface area contributed by atoms with Crippen molar-refractivity contribution in [1.29, 1.82) is 0 Å². The predicted octanol–water partition coefficient (Wildman–Crippen LogP) is 4.72. The summed E-state index contributed by atoms with van der Waals surface area (Å²) in [5, 5.41) is 15.0. The van der Waals surface area contributed by atoms with E-state index in [9.17, 15) is 14.4 Å². The van der Waals surface area contributed by atoms with Gasteiger partial charge in [-0.05, 0) is 36.2 Å². The maximum atomic E-state index is 13.4. The quantitative estimate of drug-likeness (QED) is 0.412. The van der Waals surface area contributed by atoms with Gasteiger partial charge >= 0.3 is 12.0 Å². The second-order valence-electron chi connectivity index (χ2n) is 8.09. The smallest absolute Gasteiger partial charge is 0.323 e. The molecule has 186 valence electrons. The van der Waals surface area contributed by atoms with E-state index in [1.165, 1.54) is 4.90 Å². The highest BCUT2D eigenvalue weighted by Gasteiger charge is 2.38. The number of amides is 3. The third kappa shape index (κ3) is 5.96. The van der Waals surface area contributed by atoms with Crippen molar-refractivity contribution in [3.63, 3.8) is 0 Å². The van der Waals surface area contributed by atoms with Crippen molar-refractivity contribution in [2.45, 2.75) is 18.8 Å². The number of halogens is 2. The molecule has 0 radical (unpaired) electrons. The van der Waals surface area contributed by atoms with E-state index in [-0.39, 0.29) is 6.54 Å². The summed E-state index contributed by atoms with van der Waals surface area (Å²) in [5.41, 5.74) is 2.55. The Balaban J connectivity index is 1.73. The normalized spacial score (nSPS) is 16.9. The summed E-state index contributed by atoms with van der Waals surface area (Å²) in [5.74, 6) is -1.81. The molecule has 2 unspecified atom stereocenters. The van der Waals surface area contributed by atoms with Crippen LogP contribution in [0.4, 0.5) is 10.5 Å². The molecule has 1 heterocycles. The minimum absolute atomic E-state index is 0.0832. The zero-order chi connectivity index (χ0) is 25.7. The standard InChI is InChI=1S/C26H23Cl2N3O5/c27-17-10-11-21-19(14-17)23(18-8-4-5-9-20(18)28)36-25(24(34)30-21)31(26(35)29-15-22(32)33)13-12-16-6-2-1-3-7-16/h1-11,14,23,25H,12-13,15H2,(H,29,35)(H,30,34)(H,32,33). The summed E-state index contributed by atoms with van der Waals surface area (Å²) in [6.07, 6.45) is -1.83. The van der Waals surface area contributed by atoms with Gasteiger partial charge in [0, 0.05) is 33.4 Å². The molecule has 8 nitrogen and oxygen atoms in total. The number of carbonyl (C=O) groups is 3. The van der Waals surface area contributed by atoms with Crippen LogP contribution in [0.1, 0.15) is 22.8 Å². The van der Waals surface area contributed by atoms with Crippen LogP contribution in [0, 0.1) is 0 Å². The molecule has 0 saturated heterocycles. The number of ether oxygens (including phenoxy) is 1. The molecular weight excluding hydrogens is 505 g/mol. The second kappa shape index (κ2) is 11.4. The van der Waals surface area contributed by atoms with Crippen molar-refractivity contribution in [2.75, 3.05) is 18.4 Å². The molecule has 3 N–H and O–H groups in total. The molecule has 1 aliphatic rings. The van der Waals surface area contributed by atoms with Crippen molar-refractivity contribution in [2.24, 2.45) is 0 Å². The van der Waals surface area contributed by atoms with Crippen LogP contribution in [0.5, 0.6) is 0 Å². The molecule has 36 heavy (non-hydrogen) atoms. The number of hydrogen-bond donors (Lipinski definition) is 3. The first-order chi connectivity index (χ1) is 17.3. The van der Waals surface area contributed by atoms with E-state index in [2.05, 4.69) is 10.6 Å². The van der Waals surface area contributed by atoms with Crippen molar-refractivity contribution in [3.8, 4) is 0 Å². The van der Waals surface area contributed by atoms with Crippen LogP contribution in [0.15, 0.2) is 72.8 Å². The van der Waals surface area contributed by atoms with E-state index in [4.69, 9.17) is 33.0 Å². The van der Waals surface area contributed by atoms with Gasteiger partial charge in [-0.2, -0.15) is 0 Å². The van der Waals surface area contributed by atoms with E-state index in [0.29, 0.717) is 33.3 Å². The van der Waals surface area contributed by atoms with Gasteiger partial charge < -0.3 is 20.5 Å². The molecule has 0 spiro atoms. The maximum absolute atomic E-state index is 13.4. The van der Waals surface area contributed by atoms with Crippen LogP contribution in [0.3, 0.4) is 0 Å². The Labute approximate surface area is 217 Å². The molecule has 0 aromatic heterocycles. The number of anilines is 1. The Bertz CT molecular complexity index is 1270. The van der Waals surface area contributed by atoms with Crippen molar-refractivity contribution in [1.82, 2.24) is 10.2 Å². The summed E-state index contributed by atoms with van der Waals surface area (Å²) < 4.78 is 6.31. The number of benzene rings is 3. The monoisotopic (exact) mass is 527 g/mol. The predicted molar refractivity (Wildman–Crippen MR) is 136 cm³/mol. The Hall–Kier alpha value is -3.59. The maximum Gasteiger partial charge on any atom is 0.323 e. The molecule has 0 aliphatic carbocycles. The first kappa shape index (κ1) is 25.5. The molecule has 2 atom stereocenters. The van der Waals surface area contributed by atoms with Crippen LogP contribution in [-0.2, 0) is 20.7 Å². The molecule has 0 fully saturated rings. The Morgan fingerprint density at radius 1 is 1.00 bits per heavy atom. The number of urea groups is 1. The Morgan fingerprint density at radius 3 is 2.44 bits per heavy atom. The third-order valence-electron chi connectivity index (χ3n) is 5.65. The first-order valence-corrected chi connectivity index (χ1v) is 11.9. The number of rotatable bonds is 7. The number of hydrogen-bond acceptors (Lipinski definition) is 4. The van der Waals surface area contributed by atoms with Gasteiger partial charge in [0.1, 0.15) is 12.6 Å². The highest BCUT2D eigenvalue weighted by molar-refractivity contribution is 6.31. The van der Waals surface area contributed by atoms with Gasteiger partial charge in [0.25, 0.3) is 5.91 Å². The molecule has 10 heteroatoms. The lowest BCUT2D eigenvalue weighted by atomic mass is 9.99. The summed E-state index contributed by atoms with van der Waals surface area (Å²) in [4.78, 5) is 38.8. The average Bonchev–Trinajstić information content (AvgIpc) is 3.00. The second-order valence-corrected chi connectivity index (χ2v) is 8.94. The van der Waals surface area contributed by atoms with E-state index < -0.39 is 36.8 Å². The van der Waals surface area contributed by atoms with Crippen LogP contribution < -0.4 is 10.6 Å². The summed E-state index contributed by atoms with van der Waals surface area (Å²) in [6, 6.07) is 20.6. The minimum atomic E-state index is -1.39. The van der Waals surface area contributed by atoms with Crippen molar-refractivity contribution < 1.29 is 24.2 Å². The number of carboxylic acids is 1. The number of nitrogens with one attached hydrogen (secondary N) is 2. The molecule has 0 bridgehead atoms. The summed E-state index contributed by atoms with van der Waals surface area (Å²) in [6.45, 7) is -0.529. The van der Waals surface area contributed by atoms with Gasteiger partial charge in [-0.25, -0.2) is 4.79 Å². The topological polar surface area (TPSA) is 108 Å². The number of carbonyl (C=O) groups excluding carboxylic acids is 2. The fraction of sp³-hybridized carbons (Fsp3) is 0.192. The average molecular weight is 528 g/mol. The Morgan fingerprint density at radius 2 is 1.72 bits per heavy atom. The van der Waals surface area contributed by atoms with Crippen molar-refractivity contribution in [3.05, 3.63) is 99.5 Å². The van der Waals surface area contributed by atoms with Gasteiger partial charge in [0.05, 0.1) is 0 Å². The highest BCUT2D eigenvalue weighted by Crippen LogP contribution is 2.39. The van der Waals surface area contributed by atoms with E-state index >= 15 is 0 Å². The van der Waals surface area contributed by atoms with Gasteiger partial charge in [-0.15, -0.1) is 0 Å². The number of fused-ring (bicyclic) bond motifs is 1. The van der Waals surface area contributed by atoms with Crippen LogP contribution in [0.2, 0.25) is 10.0 Å². The largest absolute Gasteiger partial charge is 0.480 e. The van der Waals surface area contributed by atoms with E-state index in [1.54, 1.807) is 42.5 Å². The fourth-order valence-corrected chi connectivity index (χ4v) is 4.35. The molecule has 0 saturated carbocycles. The SMILES string of the molecule is O=C(O)CNC(=O)N(CCc1ccccc1)C1OC(c2ccccc2Cl)c2cc(Cl)ccc2NC1=O. The van der Waals surface area contributed by atoms with Gasteiger partial charge in [0.15, 0.2) is 0 Å². The first-order valence-electron chi connectivity index (χ1n) is 11.1. The zero-order valence-electron chi connectivity index (χ0n) is 19.0. The lowest BCUT2D eigenvalue weighted by molar-refractivity contribution is -0.141. The molecular formula is C26H23Cl2N3O5. The fourth-order valence-electron chi connectivity index (χ4n) is 3.94. The lowest BCUT2D eigenvalue weighted by Gasteiger charge is -2.32. The minimum Gasteiger partial charge on any atom is -0.480 e. The number of nitrogens with zero attached hydrogens (tertiary/aromatic N) is 1. The van der Waals surface area contributed by atoms with Gasteiger partial charge in [-0.1, -0.05) is 71.7 Å². The Kier molecular flexibility index (Phi) is 8.10. The highest BCUT2D eigenvalue weighted by atomic mass is 35.5. The van der Waals surface area contributed by atoms with E-state index in [0.717, 1.165) is 5.56 Å². The molecule has 1 aliphatic heterocycles. The van der Waals surface area contributed by atoms with E-state index in [1.807, 2.05) is 30.3 Å². The molecule has 3 aromatic carbocycles. The number of aliphatic carboxylic acids is 1. The third-order valence-corrected chi connectivity index (χ3v) is 6.23. The van der Waals surface area contributed by atoms with Crippen LogP contribution >= 0.6 is 23.2 Å².